The molecule has 0 aromatic heterocycles. The Kier molecular flexibility index (Phi) is 3.33. The number of methoxy groups -OCH3 is 1. The molecule has 0 aliphatic heterocycles. The Hall–Kier alpha value is -1.89. The van der Waals surface area contributed by atoms with E-state index < -0.39 is 5.67 Å². The van der Waals surface area contributed by atoms with Gasteiger partial charge in [0.05, 0.1) is 13.0 Å². The van der Waals surface area contributed by atoms with Crippen LogP contribution in [0.4, 0.5) is 4.39 Å². The van der Waals surface area contributed by atoms with Crippen molar-refractivity contribution in [3.05, 3.63) is 46.8 Å². The molecule has 0 atom stereocenters. The molecule has 0 N–H and O–H groups in total. The maximum Gasteiger partial charge on any atom is 0.308 e. The zero-order valence-corrected chi connectivity index (χ0v) is 10.1. The highest BCUT2D eigenvalue weighted by Crippen LogP contribution is 2.49. The quantitative estimate of drug-likeness (QED) is 0.607. The lowest BCUT2D eigenvalue weighted by Crippen LogP contribution is -2.41. The molecule has 3 nitrogen and oxygen atoms in total. The molecule has 18 heavy (non-hydrogen) atoms. The van der Waals surface area contributed by atoms with E-state index in [0.29, 0.717) is 5.56 Å². The van der Waals surface area contributed by atoms with E-state index in [0.717, 1.165) is 5.56 Å². The summed E-state index contributed by atoms with van der Waals surface area (Å²) in [5, 5.41) is 0. The van der Waals surface area contributed by atoms with Crippen LogP contribution in [0.25, 0.3) is 4.85 Å². The second-order valence-corrected chi connectivity index (χ2v) is 4.61. The van der Waals surface area contributed by atoms with E-state index in [4.69, 9.17) is 6.57 Å². The fraction of sp³-hybridized carbons (Fsp3) is 0.429. The summed E-state index contributed by atoms with van der Waals surface area (Å²) in [6.07, 6.45) is 0.336. The van der Waals surface area contributed by atoms with Crippen molar-refractivity contribution < 1.29 is 13.9 Å². The van der Waals surface area contributed by atoms with Crippen LogP contribution in [-0.2, 0) is 21.7 Å². The van der Waals surface area contributed by atoms with Crippen molar-refractivity contribution >= 4 is 5.97 Å². The first-order valence-electron chi connectivity index (χ1n) is 5.78. The van der Waals surface area contributed by atoms with E-state index in [1.807, 2.05) is 0 Å². The van der Waals surface area contributed by atoms with Gasteiger partial charge in [-0.25, -0.2) is 11.0 Å². The second kappa shape index (κ2) is 4.77. The molecule has 0 unspecified atom stereocenters. The molecule has 1 aromatic rings. The van der Waals surface area contributed by atoms with Crippen LogP contribution >= 0.6 is 0 Å². The van der Waals surface area contributed by atoms with Crippen LogP contribution in [0.3, 0.4) is 0 Å². The minimum absolute atomic E-state index is 0.168. The average molecular weight is 247 g/mol. The number of halogens is 1. The van der Waals surface area contributed by atoms with Crippen LogP contribution in [0, 0.1) is 12.5 Å². The highest BCUT2D eigenvalue weighted by molar-refractivity contribution is 5.74. The molecule has 0 amide bonds. The number of hydrogen-bond donors (Lipinski definition) is 0. The second-order valence-electron chi connectivity index (χ2n) is 4.61. The van der Waals surface area contributed by atoms with Gasteiger partial charge in [-0.05, 0) is 24.5 Å². The largest absolute Gasteiger partial charge is 0.469 e. The lowest BCUT2D eigenvalue weighted by molar-refractivity contribution is -0.155. The number of hydrogen-bond acceptors (Lipinski definition) is 2. The van der Waals surface area contributed by atoms with Gasteiger partial charge in [0.15, 0.2) is 0 Å². The van der Waals surface area contributed by atoms with Gasteiger partial charge in [0.2, 0.25) is 6.54 Å². The van der Waals surface area contributed by atoms with Gasteiger partial charge in [0.1, 0.15) is 5.67 Å². The predicted octanol–water partition coefficient (Wildman–Crippen LogP) is 2.85. The van der Waals surface area contributed by atoms with E-state index in [2.05, 4.69) is 9.58 Å². The van der Waals surface area contributed by atoms with Crippen molar-refractivity contribution in [3.8, 4) is 0 Å². The van der Waals surface area contributed by atoms with E-state index >= 15 is 0 Å². The lowest BCUT2D eigenvalue weighted by atomic mass is 9.68. The van der Waals surface area contributed by atoms with Gasteiger partial charge in [-0.2, -0.15) is 0 Å². The third-order valence-corrected chi connectivity index (χ3v) is 3.38. The van der Waals surface area contributed by atoms with Crippen molar-refractivity contribution in [1.29, 1.82) is 0 Å². The fourth-order valence-electron chi connectivity index (χ4n) is 2.33. The molecule has 0 bridgehead atoms. The van der Waals surface area contributed by atoms with Crippen molar-refractivity contribution in [1.82, 2.24) is 0 Å². The average Bonchev–Trinajstić information content (AvgIpc) is 2.35. The summed E-state index contributed by atoms with van der Waals surface area (Å²) in [5.74, 6) is -0.690. The monoisotopic (exact) mass is 247 g/mol. The van der Waals surface area contributed by atoms with E-state index in [1.165, 1.54) is 7.11 Å². The molecule has 1 aromatic carbocycles. The standard InChI is InChI=1S/C14H14FNO2/c1-16-9-10-4-3-5-12(6-10)14(15)7-11(8-14)13(17)18-2/h3-6,11H,7-9H2,2H3. The minimum Gasteiger partial charge on any atom is -0.469 e. The summed E-state index contributed by atoms with van der Waals surface area (Å²) < 4.78 is 19.1. The van der Waals surface area contributed by atoms with Crippen LogP contribution in [-0.4, -0.2) is 13.1 Å². The Bertz CT molecular complexity index is 501. The molecule has 0 saturated heterocycles. The van der Waals surface area contributed by atoms with Gasteiger partial charge in [-0.3, -0.25) is 4.79 Å². The maximum absolute atomic E-state index is 14.5. The molecule has 1 saturated carbocycles. The summed E-state index contributed by atoms with van der Waals surface area (Å²) >= 11 is 0. The fourth-order valence-corrected chi connectivity index (χ4v) is 2.33. The molecule has 94 valence electrons. The predicted molar refractivity (Wildman–Crippen MR) is 64.3 cm³/mol. The van der Waals surface area contributed by atoms with E-state index in [9.17, 15) is 9.18 Å². The molecule has 1 aliphatic rings. The molecule has 0 heterocycles. The highest BCUT2D eigenvalue weighted by Gasteiger charge is 2.49. The Labute approximate surface area is 105 Å². The summed E-state index contributed by atoms with van der Waals surface area (Å²) in [6.45, 7) is 7.06. The van der Waals surface area contributed by atoms with Crippen molar-refractivity contribution in [2.75, 3.05) is 7.11 Å². The topological polar surface area (TPSA) is 30.7 Å². The molecule has 0 spiro atoms. The van der Waals surface area contributed by atoms with Crippen molar-refractivity contribution in [3.63, 3.8) is 0 Å². The normalized spacial score (nSPS) is 25.9. The highest BCUT2D eigenvalue weighted by atomic mass is 19.1. The zero-order chi connectivity index (χ0) is 13.2. The van der Waals surface area contributed by atoms with E-state index in [1.54, 1.807) is 24.3 Å². The van der Waals surface area contributed by atoms with Crippen LogP contribution in [0.5, 0.6) is 0 Å². The number of carbonyl (C=O) groups excluding carboxylic acids is 1. The molecule has 1 aliphatic carbocycles. The molecule has 4 heteroatoms. The Balaban J connectivity index is 2.11. The first-order chi connectivity index (χ1) is 8.59. The van der Waals surface area contributed by atoms with Gasteiger partial charge < -0.3 is 9.58 Å². The molecule has 2 rings (SSSR count). The van der Waals surface area contributed by atoms with Gasteiger partial charge in [-0.15, -0.1) is 0 Å². The Morgan fingerprint density at radius 1 is 1.61 bits per heavy atom. The third kappa shape index (κ3) is 2.21. The SMILES string of the molecule is [C-]#[N+]Cc1cccc(C2(F)CC(C(=O)OC)C2)c1. The molecular formula is C14H14FNO2. The summed E-state index contributed by atoms with van der Waals surface area (Å²) in [5.41, 5.74) is -0.0819. The minimum atomic E-state index is -1.45. The number of carbonyl (C=O) groups is 1. The summed E-state index contributed by atoms with van der Waals surface area (Å²) in [7, 11) is 1.32. The number of esters is 1. The van der Waals surface area contributed by atoms with Gasteiger partial charge >= 0.3 is 5.97 Å². The third-order valence-electron chi connectivity index (χ3n) is 3.38. The number of nitrogens with zero attached hydrogens (tertiary/aromatic N) is 1. The first kappa shape index (κ1) is 12.6. The molecular weight excluding hydrogens is 233 g/mol. The number of ether oxygens (including phenoxy) is 1. The smallest absolute Gasteiger partial charge is 0.308 e. The zero-order valence-electron chi connectivity index (χ0n) is 10.1. The van der Waals surface area contributed by atoms with Crippen molar-refractivity contribution in [2.24, 2.45) is 5.92 Å². The van der Waals surface area contributed by atoms with Gasteiger partial charge in [0.25, 0.3) is 0 Å². The van der Waals surface area contributed by atoms with Crippen LogP contribution in [0.1, 0.15) is 24.0 Å². The van der Waals surface area contributed by atoms with Gasteiger partial charge in [-0.1, -0.05) is 18.2 Å². The molecule has 0 radical (unpaired) electrons. The maximum atomic E-state index is 14.5. The number of alkyl halides is 1. The first-order valence-corrected chi connectivity index (χ1v) is 5.78. The Morgan fingerprint density at radius 2 is 2.33 bits per heavy atom. The van der Waals surface area contributed by atoms with Crippen LogP contribution in [0.15, 0.2) is 24.3 Å². The summed E-state index contributed by atoms with van der Waals surface area (Å²) in [4.78, 5) is 14.5. The van der Waals surface area contributed by atoms with Crippen LogP contribution < -0.4 is 0 Å². The number of rotatable bonds is 3. The molecule has 1 fully saturated rings. The lowest BCUT2D eigenvalue weighted by Gasteiger charge is -2.40. The van der Waals surface area contributed by atoms with E-state index in [-0.39, 0.29) is 31.3 Å². The van der Waals surface area contributed by atoms with Crippen molar-refractivity contribution in [2.45, 2.75) is 25.1 Å². The Morgan fingerprint density at radius 3 is 2.94 bits per heavy atom. The summed E-state index contributed by atoms with van der Waals surface area (Å²) in [6, 6.07) is 6.98. The van der Waals surface area contributed by atoms with Crippen LogP contribution in [0.2, 0.25) is 0 Å². The van der Waals surface area contributed by atoms with Gasteiger partial charge in [0, 0.05) is 5.56 Å². The number of benzene rings is 1.